The molecule has 0 aromatic rings. The Labute approximate surface area is 98.5 Å². The summed E-state index contributed by atoms with van der Waals surface area (Å²) >= 11 is 0. The molecule has 4 nitrogen and oxygen atoms in total. The maximum absolute atomic E-state index is 5.93. The smallest absolute Gasteiger partial charge is 0.0608 e. The Bertz CT molecular complexity index is 214. The van der Waals surface area contributed by atoms with Gasteiger partial charge in [-0.2, -0.15) is 0 Å². The fourth-order valence-electron chi connectivity index (χ4n) is 2.57. The number of morpholine rings is 1. The molecule has 2 fully saturated rings. The van der Waals surface area contributed by atoms with Crippen molar-refractivity contribution in [3.63, 3.8) is 0 Å². The SMILES string of the molecule is CC(CN)(CC1CCC1)NN1CCOCC1. The van der Waals surface area contributed by atoms with Gasteiger partial charge in [0.1, 0.15) is 0 Å². The summed E-state index contributed by atoms with van der Waals surface area (Å²) in [6, 6.07) is 0. The number of rotatable bonds is 5. The number of hydrazine groups is 1. The van der Waals surface area contributed by atoms with Gasteiger partial charge in [-0.05, 0) is 19.3 Å². The number of nitrogens with zero attached hydrogens (tertiary/aromatic N) is 1. The van der Waals surface area contributed by atoms with Gasteiger partial charge < -0.3 is 10.5 Å². The Morgan fingerprint density at radius 1 is 1.38 bits per heavy atom. The molecule has 2 rings (SSSR count). The molecule has 0 aromatic carbocycles. The second-order valence-corrected chi connectivity index (χ2v) is 5.48. The van der Waals surface area contributed by atoms with E-state index in [1.165, 1.54) is 25.7 Å². The summed E-state index contributed by atoms with van der Waals surface area (Å²) in [5, 5.41) is 2.27. The van der Waals surface area contributed by atoms with E-state index in [-0.39, 0.29) is 5.54 Å². The van der Waals surface area contributed by atoms with E-state index in [0.29, 0.717) is 6.54 Å². The van der Waals surface area contributed by atoms with Crippen molar-refractivity contribution in [3.8, 4) is 0 Å². The predicted molar refractivity (Wildman–Crippen MR) is 64.9 cm³/mol. The summed E-state index contributed by atoms with van der Waals surface area (Å²) in [6.45, 7) is 6.57. The number of nitrogens with two attached hydrogens (primary N) is 1. The number of hydrogen-bond acceptors (Lipinski definition) is 4. The van der Waals surface area contributed by atoms with Crippen LogP contribution in [0.1, 0.15) is 32.6 Å². The minimum atomic E-state index is 0.0719. The summed E-state index contributed by atoms with van der Waals surface area (Å²) in [6.07, 6.45) is 5.39. The minimum Gasteiger partial charge on any atom is -0.379 e. The van der Waals surface area contributed by atoms with E-state index in [4.69, 9.17) is 10.5 Å². The molecule has 0 aromatic heterocycles. The molecular weight excluding hydrogens is 202 g/mol. The first-order valence-corrected chi connectivity index (χ1v) is 6.52. The lowest BCUT2D eigenvalue weighted by atomic mass is 9.77. The molecule has 1 heterocycles. The molecule has 94 valence electrons. The van der Waals surface area contributed by atoms with Crippen molar-refractivity contribution in [2.75, 3.05) is 32.8 Å². The molecular formula is C12H25N3O. The van der Waals surface area contributed by atoms with E-state index in [2.05, 4.69) is 17.4 Å². The van der Waals surface area contributed by atoms with E-state index in [1.807, 2.05) is 0 Å². The quantitative estimate of drug-likeness (QED) is 0.727. The van der Waals surface area contributed by atoms with Gasteiger partial charge in [-0.1, -0.05) is 19.3 Å². The summed E-state index contributed by atoms with van der Waals surface area (Å²) < 4.78 is 5.35. The summed E-state index contributed by atoms with van der Waals surface area (Å²) in [5.74, 6) is 0.891. The second kappa shape index (κ2) is 5.45. The van der Waals surface area contributed by atoms with Gasteiger partial charge in [0, 0.05) is 25.2 Å². The molecule has 0 radical (unpaired) electrons. The molecule has 16 heavy (non-hydrogen) atoms. The maximum atomic E-state index is 5.93. The van der Waals surface area contributed by atoms with Crippen molar-refractivity contribution in [1.29, 1.82) is 0 Å². The van der Waals surface area contributed by atoms with Gasteiger partial charge in [0.15, 0.2) is 0 Å². The lowest BCUT2D eigenvalue weighted by Gasteiger charge is -2.41. The van der Waals surface area contributed by atoms with Crippen molar-refractivity contribution >= 4 is 0 Å². The highest BCUT2D eigenvalue weighted by molar-refractivity contribution is 4.88. The van der Waals surface area contributed by atoms with Crippen molar-refractivity contribution in [3.05, 3.63) is 0 Å². The highest BCUT2D eigenvalue weighted by Gasteiger charge is 2.31. The monoisotopic (exact) mass is 227 g/mol. The van der Waals surface area contributed by atoms with Crippen LogP contribution in [0, 0.1) is 5.92 Å². The number of hydrogen-bond donors (Lipinski definition) is 2. The van der Waals surface area contributed by atoms with Crippen LogP contribution in [0.4, 0.5) is 0 Å². The van der Waals surface area contributed by atoms with Crippen LogP contribution in [-0.4, -0.2) is 43.4 Å². The molecule has 2 aliphatic rings. The van der Waals surface area contributed by atoms with Gasteiger partial charge in [0.05, 0.1) is 13.2 Å². The van der Waals surface area contributed by atoms with Crippen molar-refractivity contribution in [2.24, 2.45) is 11.7 Å². The molecule has 1 saturated heterocycles. The molecule has 1 unspecified atom stereocenters. The third-order valence-corrected chi connectivity index (χ3v) is 3.85. The van der Waals surface area contributed by atoms with Crippen LogP contribution in [0.2, 0.25) is 0 Å². The Balaban J connectivity index is 1.81. The van der Waals surface area contributed by atoms with E-state index >= 15 is 0 Å². The summed E-state index contributed by atoms with van der Waals surface area (Å²) in [4.78, 5) is 0. The molecule has 1 atom stereocenters. The largest absolute Gasteiger partial charge is 0.379 e. The molecule has 4 heteroatoms. The third-order valence-electron chi connectivity index (χ3n) is 3.85. The average Bonchev–Trinajstić information content (AvgIpc) is 2.25. The van der Waals surface area contributed by atoms with E-state index in [1.54, 1.807) is 0 Å². The molecule has 1 aliphatic heterocycles. The molecule has 0 bridgehead atoms. The third kappa shape index (κ3) is 3.17. The van der Waals surface area contributed by atoms with Gasteiger partial charge in [0.25, 0.3) is 0 Å². The molecule has 1 aliphatic carbocycles. The van der Waals surface area contributed by atoms with Crippen LogP contribution >= 0.6 is 0 Å². The normalized spacial score (nSPS) is 27.4. The first-order chi connectivity index (χ1) is 7.72. The maximum Gasteiger partial charge on any atom is 0.0608 e. The Kier molecular flexibility index (Phi) is 4.19. The fraction of sp³-hybridized carbons (Fsp3) is 1.00. The Morgan fingerprint density at radius 3 is 2.56 bits per heavy atom. The zero-order chi connectivity index (χ0) is 11.4. The van der Waals surface area contributed by atoms with Crippen molar-refractivity contribution < 1.29 is 4.74 Å². The molecule has 1 saturated carbocycles. The molecule has 0 amide bonds. The van der Waals surface area contributed by atoms with E-state index in [0.717, 1.165) is 32.2 Å². The van der Waals surface area contributed by atoms with Crippen LogP contribution in [0.3, 0.4) is 0 Å². The lowest BCUT2D eigenvalue weighted by Crippen LogP contribution is -2.60. The fourth-order valence-corrected chi connectivity index (χ4v) is 2.57. The molecule has 0 spiro atoms. The van der Waals surface area contributed by atoms with Crippen LogP contribution < -0.4 is 11.2 Å². The van der Waals surface area contributed by atoms with Crippen LogP contribution in [0.15, 0.2) is 0 Å². The van der Waals surface area contributed by atoms with E-state index < -0.39 is 0 Å². The second-order valence-electron chi connectivity index (χ2n) is 5.48. The summed E-state index contributed by atoms with van der Waals surface area (Å²) in [5.41, 5.74) is 9.61. The predicted octanol–water partition coefficient (Wildman–Crippen LogP) is 0.731. The number of ether oxygens (including phenoxy) is 1. The number of nitrogens with one attached hydrogen (secondary N) is 1. The Hall–Kier alpha value is -0.160. The zero-order valence-electron chi connectivity index (χ0n) is 10.4. The minimum absolute atomic E-state index is 0.0719. The lowest BCUT2D eigenvalue weighted by molar-refractivity contribution is -0.0147. The van der Waals surface area contributed by atoms with Gasteiger partial charge in [0.2, 0.25) is 0 Å². The zero-order valence-corrected chi connectivity index (χ0v) is 10.4. The topological polar surface area (TPSA) is 50.5 Å². The highest BCUT2D eigenvalue weighted by Crippen LogP contribution is 2.33. The van der Waals surface area contributed by atoms with Crippen molar-refractivity contribution in [1.82, 2.24) is 10.4 Å². The standard InChI is InChI=1S/C12H25N3O/c1-12(10-13,9-11-3-2-4-11)14-15-5-7-16-8-6-15/h11,14H,2-10,13H2,1H3. The Morgan fingerprint density at radius 2 is 2.06 bits per heavy atom. The van der Waals surface area contributed by atoms with Gasteiger partial charge in [-0.3, -0.25) is 0 Å². The van der Waals surface area contributed by atoms with Crippen LogP contribution in [0.25, 0.3) is 0 Å². The first kappa shape index (κ1) is 12.3. The highest BCUT2D eigenvalue weighted by atomic mass is 16.5. The summed E-state index contributed by atoms with van der Waals surface area (Å²) in [7, 11) is 0. The van der Waals surface area contributed by atoms with Crippen molar-refractivity contribution in [2.45, 2.75) is 38.1 Å². The van der Waals surface area contributed by atoms with Crippen LogP contribution in [-0.2, 0) is 4.74 Å². The first-order valence-electron chi connectivity index (χ1n) is 6.52. The van der Waals surface area contributed by atoms with E-state index in [9.17, 15) is 0 Å². The molecule has 3 N–H and O–H groups in total. The van der Waals surface area contributed by atoms with Gasteiger partial charge in [-0.15, -0.1) is 0 Å². The van der Waals surface area contributed by atoms with Crippen LogP contribution in [0.5, 0.6) is 0 Å². The van der Waals surface area contributed by atoms with Gasteiger partial charge >= 0.3 is 0 Å². The average molecular weight is 227 g/mol. The van der Waals surface area contributed by atoms with Gasteiger partial charge in [-0.25, -0.2) is 10.4 Å².